The molecular formula is C13H15BrN4O2. The third kappa shape index (κ3) is 2.55. The topological polar surface area (TPSA) is 65.5 Å². The zero-order chi connectivity index (χ0) is 14.1. The fourth-order valence-corrected chi connectivity index (χ4v) is 3.10. The quantitative estimate of drug-likeness (QED) is 0.770. The van der Waals surface area contributed by atoms with Crippen LogP contribution in [-0.4, -0.2) is 58.8 Å². The van der Waals surface area contributed by atoms with Crippen LogP contribution in [0.15, 0.2) is 22.9 Å². The first-order valence-electron chi connectivity index (χ1n) is 6.55. The lowest BCUT2D eigenvalue weighted by atomic mass is 10.1. The van der Waals surface area contributed by atoms with Crippen LogP contribution in [0.5, 0.6) is 0 Å². The summed E-state index contributed by atoms with van der Waals surface area (Å²) in [6.07, 6.45) is 3.41. The number of carbonyl (C=O) groups excluding carboxylic acids is 2. The zero-order valence-electron chi connectivity index (χ0n) is 10.9. The Morgan fingerprint density at radius 3 is 3.00 bits per heavy atom. The molecule has 0 aromatic carbocycles. The Labute approximate surface area is 125 Å². The second-order valence-electron chi connectivity index (χ2n) is 5.05. The number of hydrogen-bond acceptors (Lipinski definition) is 4. The molecule has 0 radical (unpaired) electrons. The Bertz CT molecular complexity index is 551. The monoisotopic (exact) mass is 338 g/mol. The molecule has 1 aromatic heterocycles. The fourth-order valence-electron chi connectivity index (χ4n) is 2.69. The highest BCUT2D eigenvalue weighted by Gasteiger charge is 2.39. The van der Waals surface area contributed by atoms with Crippen molar-refractivity contribution in [2.75, 3.05) is 26.2 Å². The van der Waals surface area contributed by atoms with Crippen LogP contribution in [0.4, 0.5) is 0 Å². The molecule has 3 rings (SSSR count). The van der Waals surface area contributed by atoms with E-state index in [2.05, 4.69) is 26.2 Å². The van der Waals surface area contributed by atoms with Crippen LogP contribution >= 0.6 is 15.9 Å². The number of nitrogens with zero attached hydrogens (tertiary/aromatic N) is 3. The predicted molar refractivity (Wildman–Crippen MR) is 75.7 cm³/mol. The molecule has 20 heavy (non-hydrogen) atoms. The van der Waals surface area contributed by atoms with Crippen LogP contribution in [-0.2, 0) is 16.1 Å². The summed E-state index contributed by atoms with van der Waals surface area (Å²) >= 11 is 3.36. The summed E-state index contributed by atoms with van der Waals surface area (Å²) in [5.41, 5.74) is 0.915. The molecule has 0 bridgehead atoms. The van der Waals surface area contributed by atoms with E-state index in [1.54, 1.807) is 22.2 Å². The Morgan fingerprint density at radius 2 is 2.20 bits per heavy atom. The maximum atomic E-state index is 12.2. The first kappa shape index (κ1) is 13.5. The van der Waals surface area contributed by atoms with Crippen molar-refractivity contribution in [3.05, 3.63) is 28.5 Å². The standard InChI is InChI=1S/C13H15BrN4O2/c14-10-3-9(4-16-5-10)7-17-8-11-6-15-1-2-18(11)13(20)12(17)19/h3-5,11,15H,1-2,6-8H2. The largest absolute Gasteiger partial charge is 0.328 e. The zero-order valence-corrected chi connectivity index (χ0v) is 12.5. The molecule has 0 spiro atoms. The molecule has 2 fully saturated rings. The van der Waals surface area contributed by atoms with Crippen LogP contribution in [0.2, 0.25) is 0 Å². The number of nitrogens with one attached hydrogen (secondary N) is 1. The number of carbonyl (C=O) groups is 2. The molecule has 2 amide bonds. The molecule has 1 atom stereocenters. The second-order valence-corrected chi connectivity index (χ2v) is 5.97. The summed E-state index contributed by atoms with van der Waals surface area (Å²) < 4.78 is 0.867. The first-order valence-corrected chi connectivity index (χ1v) is 7.34. The van der Waals surface area contributed by atoms with E-state index in [1.165, 1.54) is 0 Å². The minimum Gasteiger partial charge on any atom is -0.328 e. The average molecular weight is 339 g/mol. The highest BCUT2D eigenvalue weighted by Crippen LogP contribution is 2.17. The average Bonchev–Trinajstić information content (AvgIpc) is 2.45. The molecule has 1 aromatic rings. The second kappa shape index (κ2) is 5.49. The highest BCUT2D eigenvalue weighted by molar-refractivity contribution is 9.10. The van der Waals surface area contributed by atoms with Crippen molar-refractivity contribution in [1.29, 1.82) is 0 Å². The molecule has 1 N–H and O–H groups in total. The van der Waals surface area contributed by atoms with Crippen molar-refractivity contribution in [3.8, 4) is 0 Å². The van der Waals surface area contributed by atoms with Crippen LogP contribution in [0.1, 0.15) is 5.56 Å². The number of pyridine rings is 1. The Kier molecular flexibility index (Phi) is 3.71. The number of rotatable bonds is 2. The van der Waals surface area contributed by atoms with E-state index >= 15 is 0 Å². The Hall–Kier alpha value is -1.47. The van der Waals surface area contributed by atoms with Gasteiger partial charge in [0.05, 0.1) is 6.04 Å². The molecular weight excluding hydrogens is 324 g/mol. The minimum atomic E-state index is -0.414. The van der Waals surface area contributed by atoms with Gasteiger partial charge in [-0.1, -0.05) is 0 Å². The molecule has 2 aliphatic rings. The normalized spacial score (nSPS) is 22.9. The van der Waals surface area contributed by atoms with Crippen molar-refractivity contribution in [2.24, 2.45) is 0 Å². The summed E-state index contributed by atoms with van der Waals surface area (Å²) in [6, 6.07) is 1.99. The number of fused-ring (bicyclic) bond motifs is 1. The van der Waals surface area contributed by atoms with E-state index in [-0.39, 0.29) is 11.9 Å². The molecule has 1 unspecified atom stereocenters. The van der Waals surface area contributed by atoms with E-state index < -0.39 is 5.91 Å². The molecule has 0 aliphatic carbocycles. The van der Waals surface area contributed by atoms with Crippen LogP contribution in [0.3, 0.4) is 0 Å². The number of aromatic nitrogens is 1. The number of hydrogen-bond donors (Lipinski definition) is 1. The van der Waals surface area contributed by atoms with Crippen LogP contribution in [0, 0.1) is 0 Å². The van der Waals surface area contributed by atoms with Gasteiger partial charge in [-0.05, 0) is 27.6 Å². The van der Waals surface area contributed by atoms with E-state index in [0.717, 1.165) is 23.1 Å². The molecule has 2 aliphatic heterocycles. The number of amides is 2. The minimum absolute atomic E-state index is 0.0778. The Morgan fingerprint density at radius 1 is 1.35 bits per heavy atom. The van der Waals surface area contributed by atoms with E-state index in [9.17, 15) is 9.59 Å². The van der Waals surface area contributed by atoms with Crippen molar-refractivity contribution in [1.82, 2.24) is 20.1 Å². The van der Waals surface area contributed by atoms with Crippen LogP contribution < -0.4 is 5.32 Å². The SMILES string of the molecule is O=C1C(=O)N2CCNCC2CN1Cc1cncc(Br)c1. The van der Waals surface area contributed by atoms with Crippen molar-refractivity contribution in [3.63, 3.8) is 0 Å². The highest BCUT2D eigenvalue weighted by atomic mass is 79.9. The summed E-state index contributed by atoms with van der Waals surface area (Å²) in [7, 11) is 0. The van der Waals surface area contributed by atoms with E-state index in [4.69, 9.17) is 0 Å². The van der Waals surface area contributed by atoms with E-state index in [1.807, 2.05) is 6.07 Å². The van der Waals surface area contributed by atoms with Gasteiger partial charge in [0.15, 0.2) is 0 Å². The Balaban J connectivity index is 1.76. The van der Waals surface area contributed by atoms with Crippen molar-refractivity contribution < 1.29 is 9.59 Å². The summed E-state index contributed by atoms with van der Waals surface area (Å²) in [4.78, 5) is 31.6. The van der Waals surface area contributed by atoms with Gasteiger partial charge in [-0.25, -0.2) is 0 Å². The lowest BCUT2D eigenvalue weighted by Crippen LogP contribution is -2.65. The van der Waals surface area contributed by atoms with Gasteiger partial charge in [-0.15, -0.1) is 0 Å². The number of halogens is 1. The van der Waals surface area contributed by atoms with Gasteiger partial charge in [0, 0.05) is 49.6 Å². The van der Waals surface area contributed by atoms with Gasteiger partial charge in [0.2, 0.25) is 0 Å². The van der Waals surface area contributed by atoms with Gasteiger partial charge >= 0.3 is 11.8 Å². The summed E-state index contributed by atoms with van der Waals surface area (Å²) in [5.74, 6) is -0.797. The van der Waals surface area contributed by atoms with Gasteiger partial charge < -0.3 is 15.1 Å². The molecule has 3 heterocycles. The maximum Gasteiger partial charge on any atom is 0.312 e. The fraction of sp³-hybridized carbons (Fsp3) is 0.462. The summed E-state index contributed by atoms with van der Waals surface area (Å²) in [6.45, 7) is 3.10. The lowest BCUT2D eigenvalue weighted by Gasteiger charge is -2.43. The molecule has 2 saturated heterocycles. The lowest BCUT2D eigenvalue weighted by molar-refractivity contribution is -0.160. The molecule has 106 valence electrons. The van der Waals surface area contributed by atoms with Crippen LogP contribution in [0.25, 0.3) is 0 Å². The van der Waals surface area contributed by atoms with Crippen molar-refractivity contribution >= 4 is 27.7 Å². The third-order valence-electron chi connectivity index (χ3n) is 3.65. The van der Waals surface area contributed by atoms with E-state index in [0.29, 0.717) is 19.6 Å². The smallest absolute Gasteiger partial charge is 0.312 e. The molecule has 6 nitrogen and oxygen atoms in total. The predicted octanol–water partition coefficient (Wildman–Crippen LogP) is -0.0133. The van der Waals surface area contributed by atoms with Crippen molar-refractivity contribution in [2.45, 2.75) is 12.6 Å². The first-order chi connectivity index (χ1) is 9.65. The van der Waals surface area contributed by atoms with Gasteiger partial charge in [-0.2, -0.15) is 0 Å². The van der Waals surface area contributed by atoms with Gasteiger partial charge in [0.25, 0.3) is 0 Å². The number of piperazine rings is 2. The molecule has 7 heteroatoms. The third-order valence-corrected chi connectivity index (χ3v) is 4.08. The van der Waals surface area contributed by atoms with Gasteiger partial charge in [0.1, 0.15) is 0 Å². The summed E-state index contributed by atoms with van der Waals surface area (Å²) in [5, 5.41) is 3.26. The maximum absolute atomic E-state index is 12.2. The van der Waals surface area contributed by atoms with Gasteiger partial charge in [-0.3, -0.25) is 14.6 Å². The molecule has 0 saturated carbocycles.